The molecule has 78 valence electrons. The Hall–Kier alpha value is -0.0800. The zero-order valence-corrected chi connectivity index (χ0v) is 9.02. The van der Waals surface area contributed by atoms with Crippen molar-refractivity contribution < 1.29 is 9.90 Å². The van der Waals surface area contributed by atoms with E-state index in [4.69, 9.17) is 16.7 Å². The Kier molecular flexibility index (Phi) is 8.46. The molecule has 0 aliphatic rings. The van der Waals surface area contributed by atoms with Gasteiger partial charge in [-0.05, 0) is 18.0 Å². The first kappa shape index (κ1) is 12.9. The SMILES string of the molecule is CCCCCCCCC(O)C(=O)Cl. The second kappa shape index (κ2) is 8.52. The highest BCUT2D eigenvalue weighted by Crippen LogP contribution is 2.09. The molecule has 0 aromatic rings. The van der Waals surface area contributed by atoms with Gasteiger partial charge in [-0.3, -0.25) is 4.79 Å². The van der Waals surface area contributed by atoms with E-state index in [-0.39, 0.29) is 0 Å². The van der Waals surface area contributed by atoms with Gasteiger partial charge in [0.2, 0.25) is 5.24 Å². The molecule has 1 N–H and O–H groups in total. The lowest BCUT2D eigenvalue weighted by Crippen LogP contribution is -2.14. The molecule has 1 atom stereocenters. The predicted octanol–water partition coefficient (Wildman–Crippen LogP) is 2.86. The highest BCUT2D eigenvalue weighted by Gasteiger charge is 2.10. The summed E-state index contributed by atoms with van der Waals surface area (Å²) in [6, 6.07) is 0. The normalized spacial score (nSPS) is 12.8. The molecule has 0 aliphatic heterocycles. The first-order valence-electron chi connectivity index (χ1n) is 5.06. The van der Waals surface area contributed by atoms with Crippen LogP contribution in [0, 0.1) is 0 Å². The summed E-state index contributed by atoms with van der Waals surface area (Å²) in [5, 5.41) is 8.42. The quantitative estimate of drug-likeness (QED) is 0.490. The Labute approximate surface area is 85.3 Å². The minimum absolute atomic E-state index is 0.508. The zero-order valence-electron chi connectivity index (χ0n) is 8.26. The van der Waals surface area contributed by atoms with Crippen molar-refractivity contribution >= 4 is 16.8 Å². The first-order chi connectivity index (χ1) is 6.18. The van der Waals surface area contributed by atoms with Gasteiger partial charge in [0.25, 0.3) is 0 Å². The average molecular weight is 207 g/mol. The number of rotatable bonds is 8. The fourth-order valence-electron chi connectivity index (χ4n) is 1.23. The van der Waals surface area contributed by atoms with Crippen LogP contribution in [0.3, 0.4) is 0 Å². The molecule has 2 nitrogen and oxygen atoms in total. The molecule has 0 aromatic heterocycles. The molecule has 0 aromatic carbocycles. The van der Waals surface area contributed by atoms with E-state index in [1.165, 1.54) is 25.7 Å². The van der Waals surface area contributed by atoms with Crippen molar-refractivity contribution in [2.24, 2.45) is 0 Å². The summed E-state index contributed by atoms with van der Waals surface area (Å²) in [6.07, 6.45) is 6.49. The van der Waals surface area contributed by atoms with E-state index in [1.807, 2.05) is 0 Å². The summed E-state index contributed by atoms with van der Waals surface area (Å²) in [7, 11) is 0. The number of halogens is 1. The third kappa shape index (κ3) is 8.26. The van der Waals surface area contributed by atoms with Crippen LogP contribution in [0.15, 0.2) is 0 Å². The Bertz CT molecular complexity index is 137. The largest absolute Gasteiger partial charge is 0.384 e. The maximum Gasteiger partial charge on any atom is 0.250 e. The van der Waals surface area contributed by atoms with Crippen molar-refractivity contribution in [3.05, 3.63) is 0 Å². The monoisotopic (exact) mass is 206 g/mol. The van der Waals surface area contributed by atoms with Gasteiger partial charge in [0.15, 0.2) is 0 Å². The van der Waals surface area contributed by atoms with E-state index < -0.39 is 11.3 Å². The van der Waals surface area contributed by atoms with Crippen molar-refractivity contribution in [2.45, 2.75) is 58.0 Å². The molecule has 1 unspecified atom stereocenters. The van der Waals surface area contributed by atoms with Crippen LogP contribution in [0.4, 0.5) is 0 Å². The molecule has 0 aliphatic carbocycles. The third-order valence-corrected chi connectivity index (χ3v) is 2.34. The second-order valence-corrected chi connectivity index (χ2v) is 3.75. The summed E-state index contributed by atoms with van der Waals surface area (Å²) < 4.78 is 0. The fourth-order valence-corrected chi connectivity index (χ4v) is 1.34. The third-order valence-electron chi connectivity index (χ3n) is 2.09. The van der Waals surface area contributed by atoms with Gasteiger partial charge in [-0.25, -0.2) is 0 Å². The van der Waals surface area contributed by atoms with E-state index in [1.54, 1.807) is 0 Å². The van der Waals surface area contributed by atoms with E-state index in [0.29, 0.717) is 6.42 Å². The lowest BCUT2D eigenvalue weighted by Gasteiger charge is -2.04. The van der Waals surface area contributed by atoms with Crippen LogP contribution in [-0.4, -0.2) is 16.5 Å². The molecule has 0 spiro atoms. The van der Waals surface area contributed by atoms with E-state index in [9.17, 15) is 4.79 Å². The number of hydrogen-bond acceptors (Lipinski definition) is 2. The van der Waals surface area contributed by atoms with Crippen LogP contribution in [0.25, 0.3) is 0 Å². The first-order valence-corrected chi connectivity index (χ1v) is 5.43. The highest BCUT2D eigenvalue weighted by atomic mass is 35.5. The van der Waals surface area contributed by atoms with Gasteiger partial charge in [0.1, 0.15) is 6.10 Å². The van der Waals surface area contributed by atoms with Gasteiger partial charge in [-0.15, -0.1) is 0 Å². The number of unbranched alkanes of at least 4 members (excludes halogenated alkanes) is 5. The van der Waals surface area contributed by atoms with Gasteiger partial charge < -0.3 is 5.11 Å². The average Bonchev–Trinajstić information content (AvgIpc) is 2.10. The van der Waals surface area contributed by atoms with Crippen molar-refractivity contribution in [1.82, 2.24) is 0 Å². The minimum atomic E-state index is -0.951. The molecule has 0 saturated carbocycles. The van der Waals surface area contributed by atoms with Crippen LogP contribution >= 0.6 is 11.6 Å². The number of carbonyl (C=O) groups excluding carboxylic acids is 1. The topological polar surface area (TPSA) is 37.3 Å². The molecule has 3 heteroatoms. The molecule has 0 bridgehead atoms. The smallest absolute Gasteiger partial charge is 0.250 e. The van der Waals surface area contributed by atoms with Crippen molar-refractivity contribution in [2.75, 3.05) is 0 Å². The molecule has 0 radical (unpaired) electrons. The summed E-state index contributed by atoms with van der Waals surface area (Å²) in [5.41, 5.74) is 0. The van der Waals surface area contributed by atoms with Crippen LogP contribution in [0.2, 0.25) is 0 Å². The van der Waals surface area contributed by atoms with Crippen LogP contribution in [-0.2, 0) is 4.79 Å². The maximum atomic E-state index is 10.4. The van der Waals surface area contributed by atoms with Gasteiger partial charge >= 0.3 is 0 Å². The Morgan fingerprint density at radius 1 is 1.23 bits per heavy atom. The standard InChI is InChI=1S/C10H19ClO2/c1-2-3-4-5-6-7-8-9(12)10(11)13/h9,12H,2-8H2,1H3. The Morgan fingerprint density at radius 2 is 1.77 bits per heavy atom. The number of hydrogen-bond donors (Lipinski definition) is 1. The van der Waals surface area contributed by atoms with Crippen LogP contribution in [0.1, 0.15) is 51.9 Å². The summed E-state index contributed by atoms with van der Waals surface area (Å²) in [6.45, 7) is 2.18. The van der Waals surface area contributed by atoms with Crippen LogP contribution in [0.5, 0.6) is 0 Å². The van der Waals surface area contributed by atoms with E-state index >= 15 is 0 Å². The van der Waals surface area contributed by atoms with Crippen LogP contribution < -0.4 is 0 Å². The van der Waals surface area contributed by atoms with E-state index in [2.05, 4.69) is 6.92 Å². The van der Waals surface area contributed by atoms with Crippen molar-refractivity contribution in [3.8, 4) is 0 Å². The molecular weight excluding hydrogens is 188 g/mol. The zero-order chi connectivity index (χ0) is 10.1. The molecule has 0 rings (SSSR count). The maximum absolute atomic E-state index is 10.4. The van der Waals surface area contributed by atoms with Gasteiger partial charge in [-0.1, -0.05) is 45.4 Å². The van der Waals surface area contributed by atoms with Crippen molar-refractivity contribution in [3.63, 3.8) is 0 Å². The summed E-state index contributed by atoms with van der Waals surface area (Å²) >= 11 is 5.10. The predicted molar refractivity (Wildman–Crippen MR) is 54.9 cm³/mol. The molecule has 13 heavy (non-hydrogen) atoms. The van der Waals surface area contributed by atoms with E-state index in [0.717, 1.165) is 12.8 Å². The van der Waals surface area contributed by atoms with Crippen molar-refractivity contribution in [1.29, 1.82) is 0 Å². The minimum Gasteiger partial charge on any atom is -0.384 e. The molecular formula is C10H19ClO2. The number of aliphatic hydroxyl groups excluding tert-OH is 1. The summed E-state index contributed by atoms with van der Waals surface area (Å²) in [5.74, 6) is 0. The molecule has 0 amide bonds. The van der Waals surface area contributed by atoms with Gasteiger partial charge in [0, 0.05) is 0 Å². The molecule has 0 saturated heterocycles. The second-order valence-electron chi connectivity index (χ2n) is 3.38. The lowest BCUT2D eigenvalue weighted by molar-refractivity contribution is -0.119. The van der Waals surface area contributed by atoms with Gasteiger partial charge in [-0.2, -0.15) is 0 Å². The summed E-state index contributed by atoms with van der Waals surface area (Å²) in [4.78, 5) is 10.4. The molecule has 0 heterocycles. The fraction of sp³-hybridized carbons (Fsp3) is 0.900. The molecule has 0 fully saturated rings. The Balaban J connectivity index is 3.11. The van der Waals surface area contributed by atoms with Gasteiger partial charge in [0.05, 0.1) is 0 Å². The highest BCUT2D eigenvalue weighted by molar-refractivity contribution is 6.64. The number of carbonyl (C=O) groups is 1. The Morgan fingerprint density at radius 3 is 2.31 bits per heavy atom. The number of aliphatic hydroxyl groups is 1. The lowest BCUT2D eigenvalue weighted by atomic mass is 10.1.